The molecule has 0 aromatic carbocycles. The predicted octanol–water partition coefficient (Wildman–Crippen LogP) is 4.26. The molecular weight excluding hydrogens is 470 g/mol. The monoisotopic (exact) mass is 507 g/mol. The van der Waals surface area contributed by atoms with Crippen LogP contribution in [0.1, 0.15) is 72.3 Å². The largest absolute Gasteiger partial charge is 0.444 e. The van der Waals surface area contributed by atoms with Crippen LogP contribution < -0.4 is 9.80 Å². The number of aromatic nitrogens is 3. The van der Waals surface area contributed by atoms with Crippen LogP contribution in [0.25, 0.3) is 11.0 Å². The third-order valence-electron chi connectivity index (χ3n) is 7.71. The van der Waals surface area contributed by atoms with Crippen molar-refractivity contribution in [1.29, 1.82) is 5.26 Å². The molecule has 0 N–H and O–H groups in total. The second-order valence-electron chi connectivity index (χ2n) is 11.6. The first-order valence-corrected chi connectivity index (χ1v) is 13.5. The van der Waals surface area contributed by atoms with Gasteiger partial charge in [-0.2, -0.15) is 5.26 Å². The normalized spacial score (nSPS) is 25.0. The Morgan fingerprint density at radius 2 is 1.97 bits per heavy atom. The summed E-state index contributed by atoms with van der Waals surface area (Å²) in [5.41, 5.74) is 1.12. The third kappa shape index (κ3) is 4.96. The highest BCUT2D eigenvalue weighted by Gasteiger charge is 2.35. The fourth-order valence-corrected chi connectivity index (χ4v) is 5.95. The molecule has 0 bridgehead atoms. The third-order valence-corrected chi connectivity index (χ3v) is 7.71. The van der Waals surface area contributed by atoms with E-state index in [9.17, 15) is 14.9 Å². The average Bonchev–Trinajstić information content (AvgIpc) is 3.46. The van der Waals surface area contributed by atoms with Gasteiger partial charge in [0.15, 0.2) is 0 Å². The number of carbonyl (C=O) groups excluding carboxylic acids is 2. The number of nitrogens with zero attached hydrogens (tertiary/aromatic N) is 7. The van der Waals surface area contributed by atoms with E-state index >= 15 is 0 Å². The van der Waals surface area contributed by atoms with Crippen molar-refractivity contribution in [3.63, 3.8) is 0 Å². The molecular formula is C27H37N7O3. The summed E-state index contributed by atoms with van der Waals surface area (Å²) in [6, 6.07) is 2.62. The number of rotatable bonds is 3. The first kappa shape index (κ1) is 25.3. The van der Waals surface area contributed by atoms with E-state index in [0.29, 0.717) is 32.6 Å². The fraction of sp³-hybridized carbons (Fsp3) is 0.667. The highest BCUT2D eigenvalue weighted by Crippen LogP contribution is 2.42. The summed E-state index contributed by atoms with van der Waals surface area (Å²) in [6.45, 7) is 10.0. The lowest BCUT2D eigenvalue weighted by molar-refractivity contribution is -0.117. The molecule has 2 aliphatic heterocycles. The number of nitriles is 1. The Morgan fingerprint density at radius 1 is 1.16 bits per heavy atom. The molecule has 5 rings (SSSR count). The average molecular weight is 508 g/mol. The zero-order valence-electron chi connectivity index (χ0n) is 22.3. The zero-order chi connectivity index (χ0) is 26.3. The van der Waals surface area contributed by atoms with Crippen molar-refractivity contribution >= 4 is 34.5 Å². The van der Waals surface area contributed by atoms with Gasteiger partial charge in [0.05, 0.1) is 17.1 Å². The maximum atomic E-state index is 12.8. The Bertz CT molecular complexity index is 1230. The topological polar surface area (TPSA) is 108 Å². The minimum absolute atomic E-state index is 0.00231. The Hall–Kier alpha value is -3.35. The van der Waals surface area contributed by atoms with Crippen molar-refractivity contribution in [3.05, 3.63) is 12.5 Å². The molecule has 10 heteroatoms. The van der Waals surface area contributed by atoms with Crippen LogP contribution in [-0.4, -0.2) is 69.3 Å². The Labute approximate surface area is 218 Å². The molecule has 2 amide bonds. The summed E-state index contributed by atoms with van der Waals surface area (Å²) in [5.74, 6) is 0.952. The van der Waals surface area contributed by atoms with Crippen molar-refractivity contribution in [2.75, 3.05) is 36.0 Å². The van der Waals surface area contributed by atoms with E-state index < -0.39 is 5.60 Å². The van der Waals surface area contributed by atoms with Crippen molar-refractivity contribution in [1.82, 2.24) is 19.4 Å². The van der Waals surface area contributed by atoms with Crippen LogP contribution in [0, 0.1) is 17.2 Å². The molecule has 3 unspecified atom stereocenters. The maximum Gasteiger partial charge on any atom is 0.410 e. The molecule has 37 heavy (non-hydrogen) atoms. The fourth-order valence-electron chi connectivity index (χ4n) is 5.95. The van der Waals surface area contributed by atoms with E-state index in [0.717, 1.165) is 54.6 Å². The second-order valence-corrected chi connectivity index (χ2v) is 11.6. The van der Waals surface area contributed by atoms with Crippen LogP contribution in [-0.2, 0) is 9.53 Å². The molecule has 0 radical (unpaired) electrons. The number of ether oxygens (including phenoxy) is 1. The van der Waals surface area contributed by atoms with Crippen LogP contribution >= 0.6 is 0 Å². The van der Waals surface area contributed by atoms with Gasteiger partial charge in [-0.25, -0.2) is 14.8 Å². The smallest absolute Gasteiger partial charge is 0.410 e. The maximum absolute atomic E-state index is 12.8. The molecule has 0 spiro atoms. The first-order valence-electron chi connectivity index (χ1n) is 13.5. The lowest BCUT2D eigenvalue weighted by Crippen LogP contribution is -2.54. The standard InChI is InChI=1S/C27H37N7O3/c1-18-15-31(26(36)37-27(2,3)4)11-12-32(18)24-23-21(33-10-6-9-22(33)35)16-34(25(23)30-17-29-24)20-8-5-7-19(13-20)14-28/h16-20H,5-13,15H2,1-4H3. The summed E-state index contributed by atoms with van der Waals surface area (Å²) >= 11 is 0. The number of amides is 2. The molecule has 2 aromatic heterocycles. The minimum Gasteiger partial charge on any atom is -0.444 e. The summed E-state index contributed by atoms with van der Waals surface area (Å²) in [6.07, 6.45) is 8.45. The van der Waals surface area contributed by atoms with Gasteiger partial charge in [-0.15, -0.1) is 0 Å². The van der Waals surface area contributed by atoms with Crippen LogP contribution in [0.5, 0.6) is 0 Å². The molecule has 1 saturated carbocycles. The second kappa shape index (κ2) is 9.84. The molecule has 3 atom stereocenters. The van der Waals surface area contributed by atoms with Gasteiger partial charge >= 0.3 is 6.09 Å². The van der Waals surface area contributed by atoms with Gasteiger partial charge in [0, 0.05) is 56.8 Å². The zero-order valence-corrected chi connectivity index (χ0v) is 22.3. The van der Waals surface area contributed by atoms with Crippen molar-refractivity contribution in [2.45, 2.75) is 83.9 Å². The SMILES string of the molecule is CC1CN(C(=O)OC(C)(C)C)CCN1c1ncnc2c1c(N1CCCC1=O)cn2C1CCCC(C#N)C1. The van der Waals surface area contributed by atoms with Crippen LogP contribution in [0.15, 0.2) is 12.5 Å². The minimum atomic E-state index is -0.542. The number of carbonyl (C=O) groups is 2. The first-order chi connectivity index (χ1) is 17.7. The number of fused-ring (bicyclic) bond motifs is 1. The van der Waals surface area contributed by atoms with Crippen LogP contribution in [0.3, 0.4) is 0 Å². The van der Waals surface area contributed by atoms with Crippen molar-refractivity contribution in [2.24, 2.45) is 5.92 Å². The van der Waals surface area contributed by atoms with E-state index in [1.54, 1.807) is 11.2 Å². The van der Waals surface area contributed by atoms with E-state index in [1.807, 2.05) is 25.7 Å². The van der Waals surface area contributed by atoms with E-state index in [1.165, 1.54) is 0 Å². The molecule has 198 valence electrons. The van der Waals surface area contributed by atoms with E-state index in [-0.39, 0.29) is 30.0 Å². The molecule has 2 aromatic rings. The Morgan fingerprint density at radius 3 is 2.65 bits per heavy atom. The predicted molar refractivity (Wildman–Crippen MR) is 140 cm³/mol. The number of hydrogen-bond donors (Lipinski definition) is 0. The Balaban J connectivity index is 1.51. The lowest BCUT2D eigenvalue weighted by Gasteiger charge is -2.41. The Kier molecular flexibility index (Phi) is 6.73. The summed E-state index contributed by atoms with van der Waals surface area (Å²) in [7, 11) is 0. The number of anilines is 2. The summed E-state index contributed by atoms with van der Waals surface area (Å²) in [5, 5.41) is 10.5. The van der Waals surface area contributed by atoms with E-state index in [4.69, 9.17) is 14.7 Å². The van der Waals surface area contributed by atoms with Gasteiger partial charge in [-0.1, -0.05) is 6.42 Å². The molecule has 3 aliphatic rings. The van der Waals surface area contributed by atoms with Crippen molar-refractivity contribution < 1.29 is 14.3 Å². The summed E-state index contributed by atoms with van der Waals surface area (Å²) in [4.78, 5) is 40.8. The molecule has 4 heterocycles. The quantitative estimate of drug-likeness (QED) is 0.611. The lowest BCUT2D eigenvalue weighted by atomic mass is 9.86. The van der Waals surface area contributed by atoms with Gasteiger partial charge in [0.25, 0.3) is 0 Å². The number of hydrogen-bond acceptors (Lipinski definition) is 7. The van der Waals surface area contributed by atoms with Gasteiger partial charge in [-0.05, 0) is 53.4 Å². The molecule has 2 saturated heterocycles. The van der Waals surface area contributed by atoms with Gasteiger partial charge in [0.1, 0.15) is 23.4 Å². The van der Waals surface area contributed by atoms with Gasteiger partial charge < -0.3 is 24.0 Å². The van der Waals surface area contributed by atoms with Crippen LogP contribution in [0.2, 0.25) is 0 Å². The highest BCUT2D eigenvalue weighted by atomic mass is 16.6. The molecule has 10 nitrogen and oxygen atoms in total. The summed E-state index contributed by atoms with van der Waals surface area (Å²) < 4.78 is 7.78. The van der Waals surface area contributed by atoms with Gasteiger partial charge in [-0.3, -0.25) is 4.79 Å². The van der Waals surface area contributed by atoms with Gasteiger partial charge in [0.2, 0.25) is 5.91 Å². The molecule has 3 fully saturated rings. The van der Waals surface area contributed by atoms with Crippen molar-refractivity contribution in [3.8, 4) is 6.07 Å². The molecule has 1 aliphatic carbocycles. The van der Waals surface area contributed by atoms with E-state index in [2.05, 4.69) is 28.7 Å². The highest BCUT2D eigenvalue weighted by molar-refractivity contribution is 6.08. The number of piperazine rings is 1. The van der Waals surface area contributed by atoms with Crippen LogP contribution in [0.4, 0.5) is 16.3 Å².